The first-order chi connectivity index (χ1) is 8.34. The molecule has 0 saturated heterocycles. The number of benzene rings is 1. The molecular weight excluding hydrogens is 269 g/mol. The van der Waals surface area contributed by atoms with Crippen LogP contribution in [-0.2, 0) is 11.0 Å². The van der Waals surface area contributed by atoms with Crippen LogP contribution in [0.3, 0.4) is 0 Å². The molecule has 18 heavy (non-hydrogen) atoms. The summed E-state index contributed by atoms with van der Waals surface area (Å²) in [5, 5.41) is 5.18. The standard InChI is InChI=1S/C11H12ClF3N2O/c1-16-5-4-10(18)17-9-6-7(11(13,14)15)2-3-8(9)12/h2-3,6,16H,4-5H2,1H3,(H,17,18). The van der Waals surface area contributed by atoms with Crippen LogP contribution < -0.4 is 10.6 Å². The third-order valence-electron chi connectivity index (χ3n) is 2.17. The Balaban J connectivity index is 2.85. The Morgan fingerprint density at radius 3 is 2.61 bits per heavy atom. The smallest absolute Gasteiger partial charge is 0.325 e. The van der Waals surface area contributed by atoms with E-state index in [0.29, 0.717) is 6.54 Å². The second-order valence-electron chi connectivity index (χ2n) is 3.59. The molecule has 0 radical (unpaired) electrons. The SMILES string of the molecule is CNCCC(=O)Nc1cc(C(F)(F)F)ccc1Cl. The van der Waals surface area contributed by atoms with Crippen molar-refractivity contribution in [2.75, 3.05) is 18.9 Å². The Morgan fingerprint density at radius 2 is 2.06 bits per heavy atom. The highest BCUT2D eigenvalue weighted by Crippen LogP contribution is 2.33. The van der Waals surface area contributed by atoms with Gasteiger partial charge in [-0.25, -0.2) is 0 Å². The number of carbonyl (C=O) groups excluding carboxylic acids is 1. The lowest BCUT2D eigenvalue weighted by molar-refractivity contribution is -0.137. The van der Waals surface area contributed by atoms with Crippen molar-refractivity contribution in [3.8, 4) is 0 Å². The number of rotatable bonds is 4. The van der Waals surface area contributed by atoms with Crippen LogP contribution in [0.4, 0.5) is 18.9 Å². The molecule has 0 saturated carbocycles. The van der Waals surface area contributed by atoms with Crippen molar-refractivity contribution >= 4 is 23.2 Å². The Morgan fingerprint density at radius 1 is 1.39 bits per heavy atom. The van der Waals surface area contributed by atoms with Crippen molar-refractivity contribution in [1.82, 2.24) is 5.32 Å². The van der Waals surface area contributed by atoms with Gasteiger partial charge in [-0.3, -0.25) is 4.79 Å². The molecule has 1 amide bonds. The molecule has 0 fully saturated rings. The lowest BCUT2D eigenvalue weighted by atomic mass is 10.2. The van der Waals surface area contributed by atoms with Gasteiger partial charge >= 0.3 is 6.18 Å². The van der Waals surface area contributed by atoms with Gasteiger partial charge in [0.1, 0.15) is 0 Å². The van der Waals surface area contributed by atoms with E-state index in [2.05, 4.69) is 10.6 Å². The number of anilines is 1. The number of nitrogens with one attached hydrogen (secondary N) is 2. The minimum absolute atomic E-state index is 0.0346. The van der Waals surface area contributed by atoms with E-state index in [4.69, 9.17) is 11.6 Å². The molecule has 0 spiro atoms. The number of carbonyl (C=O) groups is 1. The van der Waals surface area contributed by atoms with Crippen molar-refractivity contribution in [3.63, 3.8) is 0 Å². The number of hydrogen-bond donors (Lipinski definition) is 2. The predicted molar refractivity (Wildman–Crippen MR) is 63.6 cm³/mol. The largest absolute Gasteiger partial charge is 0.416 e. The minimum Gasteiger partial charge on any atom is -0.325 e. The Kier molecular flexibility index (Phi) is 4.98. The fourth-order valence-corrected chi connectivity index (χ4v) is 1.41. The summed E-state index contributed by atoms with van der Waals surface area (Å²) in [7, 11) is 1.67. The van der Waals surface area contributed by atoms with Gasteiger partial charge in [-0.1, -0.05) is 11.6 Å². The van der Waals surface area contributed by atoms with Crippen molar-refractivity contribution in [2.45, 2.75) is 12.6 Å². The third kappa shape index (κ3) is 4.19. The maximum atomic E-state index is 12.5. The number of amides is 1. The monoisotopic (exact) mass is 280 g/mol. The molecule has 7 heteroatoms. The molecule has 3 nitrogen and oxygen atoms in total. The molecule has 1 aromatic carbocycles. The number of halogens is 4. The van der Waals surface area contributed by atoms with E-state index in [9.17, 15) is 18.0 Å². The highest BCUT2D eigenvalue weighted by molar-refractivity contribution is 6.33. The van der Waals surface area contributed by atoms with Crippen LogP contribution >= 0.6 is 11.6 Å². The number of hydrogen-bond acceptors (Lipinski definition) is 2. The van der Waals surface area contributed by atoms with E-state index in [1.54, 1.807) is 7.05 Å². The predicted octanol–water partition coefficient (Wildman–Crippen LogP) is 2.91. The molecule has 0 atom stereocenters. The van der Waals surface area contributed by atoms with E-state index in [0.717, 1.165) is 18.2 Å². The van der Waals surface area contributed by atoms with Crippen LogP contribution in [0.2, 0.25) is 5.02 Å². The van der Waals surface area contributed by atoms with Crippen molar-refractivity contribution < 1.29 is 18.0 Å². The topological polar surface area (TPSA) is 41.1 Å². The van der Waals surface area contributed by atoms with Crippen LogP contribution in [0.5, 0.6) is 0 Å². The second-order valence-corrected chi connectivity index (χ2v) is 4.00. The average molecular weight is 281 g/mol. The van der Waals surface area contributed by atoms with E-state index >= 15 is 0 Å². The quantitative estimate of drug-likeness (QED) is 0.890. The Hall–Kier alpha value is -1.27. The summed E-state index contributed by atoms with van der Waals surface area (Å²) in [6, 6.07) is 2.79. The lowest BCUT2D eigenvalue weighted by Crippen LogP contribution is -2.19. The summed E-state index contributed by atoms with van der Waals surface area (Å²) < 4.78 is 37.4. The van der Waals surface area contributed by atoms with Gasteiger partial charge in [-0.2, -0.15) is 13.2 Å². The zero-order valence-electron chi connectivity index (χ0n) is 9.57. The maximum absolute atomic E-state index is 12.5. The summed E-state index contributed by atoms with van der Waals surface area (Å²) in [5.41, 5.74) is -0.886. The fraction of sp³-hybridized carbons (Fsp3) is 0.364. The fourth-order valence-electron chi connectivity index (χ4n) is 1.25. The summed E-state index contributed by atoms with van der Waals surface area (Å²) in [6.45, 7) is 0.433. The van der Waals surface area contributed by atoms with Crippen LogP contribution in [-0.4, -0.2) is 19.5 Å². The Bertz CT molecular complexity index is 435. The molecule has 0 aliphatic heterocycles. The second kappa shape index (κ2) is 6.06. The lowest BCUT2D eigenvalue weighted by Gasteiger charge is -2.11. The minimum atomic E-state index is -4.46. The van der Waals surface area contributed by atoms with Crippen molar-refractivity contribution in [1.29, 1.82) is 0 Å². The molecule has 2 N–H and O–H groups in total. The normalized spacial score (nSPS) is 11.4. The molecule has 1 rings (SSSR count). The van der Waals surface area contributed by atoms with Crippen LogP contribution in [0.25, 0.3) is 0 Å². The van der Waals surface area contributed by atoms with Gasteiger partial charge in [-0.05, 0) is 25.2 Å². The molecule has 0 aromatic heterocycles. The summed E-state index contributed by atoms with van der Waals surface area (Å²) in [5.74, 6) is -0.398. The zero-order valence-corrected chi connectivity index (χ0v) is 10.3. The van der Waals surface area contributed by atoms with E-state index in [1.807, 2.05) is 0 Å². The van der Waals surface area contributed by atoms with Gasteiger partial charge in [0.05, 0.1) is 16.3 Å². The van der Waals surface area contributed by atoms with Crippen LogP contribution in [0, 0.1) is 0 Å². The first-order valence-corrected chi connectivity index (χ1v) is 5.53. The Labute approximate surface area is 107 Å². The molecular formula is C11H12ClF3N2O. The summed E-state index contributed by atoms with van der Waals surface area (Å²) >= 11 is 5.73. The van der Waals surface area contributed by atoms with Gasteiger partial charge in [0.2, 0.25) is 5.91 Å². The average Bonchev–Trinajstić information content (AvgIpc) is 2.28. The van der Waals surface area contributed by atoms with Gasteiger partial charge in [0, 0.05) is 13.0 Å². The molecule has 0 unspecified atom stereocenters. The maximum Gasteiger partial charge on any atom is 0.416 e. The van der Waals surface area contributed by atoms with Gasteiger partial charge < -0.3 is 10.6 Å². The number of alkyl halides is 3. The molecule has 0 heterocycles. The molecule has 0 bridgehead atoms. The highest BCUT2D eigenvalue weighted by atomic mass is 35.5. The van der Waals surface area contributed by atoms with E-state index in [1.165, 1.54) is 0 Å². The first-order valence-electron chi connectivity index (χ1n) is 5.16. The van der Waals surface area contributed by atoms with E-state index in [-0.39, 0.29) is 17.1 Å². The van der Waals surface area contributed by atoms with Gasteiger partial charge in [0.15, 0.2) is 0 Å². The molecule has 0 aliphatic rings. The van der Waals surface area contributed by atoms with Crippen molar-refractivity contribution in [2.24, 2.45) is 0 Å². The molecule has 1 aromatic rings. The summed E-state index contributed by atoms with van der Waals surface area (Å²) in [6.07, 6.45) is -4.31. The van der Waals surface area contributed by atoms with Crippen LogP contribution in [0.15, 0.2) is 18.2 Å². The van der Waals surface area contributed by atoms with Crippen molar-refractivity contribution in [3.05, 3.63) is 28.8 Å². The summed E-state index contributed by atoms with van der Waals surface area (Å²) in [4.78, 5) is 11.4. The van der Waals surface area contributed by atoms with Gasteiger partial charge in [0.25, 0.3) is 0 Å². The molecule has 100 valence electrons. The third-order valence-corrected chi connectivity index (χ3v) is 2.50. The highest BCUT2D eigenvalue weighted by Gasteiger charge is 2.31. The first kappa shape index (κ1) is 14.8. The molecule has 0 aliphatic carbocycles. The zero-order chi connectivity index (χ0) is 13.8. The van der Waals surface area contributed by atoms with E-state index < -0.39 is 17.6 Å². The van der Waals surface area contributed by atoms with Gasteiger partial charge in [-0.15, -0.1) is 0 Å². The van der Waals surface area contributed by atoms with Crippen LogP contribution in [0.1, 0.15) is 12.0 Å².